The van der Waals surface area contributed by atoms with Crippen LogP contribution in [0, 0.1) is 5.92 Å². The van der Waals surface area contributed by atoms with Crippen LogP contribution < -0.4 is 5.32 Å². The van der Waals surface area contributed by atoms with Crippen LogP contribution in [0.3, 0.4) is 0 Å². The van der Waals surface area contributed by atoms with E-state index in [9.17, 15) is 4.79 Å². The van der Waals surface area contributed by atoms with E-state index in [1.54, 1.807) is 6.08 Å². The lowest BCUT2D eigenvalue weighted by Gasteiger charge is -2.21. The topological polar surface area (TPSA) is 38.3 Å². The molecular formula is C19H27NO2. The number of allylic oxidation sites excluding steroid dienone is 1. The second-order valence-electron chi connectivity index (χ2n) is 6.13. The summed E-state index contributed by atoms with van der Waals surface area (Å²) in [5.74, 6) is 0.619. The summed E-state index contributed by atoms with van der Waals surface area (Å²) in [7, 11) is 0. The summed E-state index contributed by atoms with van der Waals surface area (Å²) in [6.45, 7) is 4.47. The Hall–Kier alpha value is -1.61. The third-order valence-corrected chi connectivity index (χ3v) is 4.16. The lowest BCUT2D eigenvalue weighted by molar-refractivity contribution is -0.116. The van der Waals surface area contributed by atoms with Gasteiger partial charge in [0.25, 0.3) is 0 Å². The van der Waals surface area contributed by atoms with Gasteiger partial charge in [0, 0.05) is 25.8 Å². The first-order valence-corrected chi connectivity index (χ1v) is 8.30. The summed E-state index contributed by atoms with van der Waals surface area (Å²) in [6.07, 6.45) is 6.99. The molecule has 1 amide bonds. The summed E-state index contributed by atoms with van der Waals surface area (Å²) >= 11 is 0. The smallest absolute Gasteiger partial charge is 0.243 e. The quantitative estimate of drug-likeness (QED) is 0.783. The van der Waals surface area contributed by atoms with Crippen LogP contribution in [0.2, 0.25) is 0 Å². The Morgan fingerprint density at radius 3 is 2.73 bits per heavy atom. The predicted octanol–water partition coefficient (Wildman–Crippen LogP) is 3.50. The van der Waals surface area contributed by atoms with Crippen LogP contribution in [-0.4, -0.2) is 25.7 Å². The van der Waals surface area contributed by atoms with Crippen LogP contribution in [0.4, 0.5) is 0 Å². The van der Waals surface area contributed by atoms with E-state index in [0.717, 1.165) is 57.4 Å². The Bertz CT molecular complexity index is 475. The van der Waals surface area contributed by atoms with Gasteiger partial charge in [-0.3, -0.25) is 4.79 Å². The SMILES string of the molecule is C/C(=C\C(=O)NCC1CCOCC1)CCCc1ccccc1. The van der Waals surface area contributed by atoms with Gasteiger partial charge in [0.05, 0.1) is 0 Å². The van der Waals surface area contributed by atoms with E-state index in [-0.39, 0.29) is 5.91 Å². The summed E-state index contributed by atoms with van der Waals surface area (Å²) < 4.78 is 5.33. The number of nitrogens with one attached hydrogen (secondary N) is 1. The summed E-state index contributed by atoms with van der Waals surface area (Å²) in [6, 6.07) is 10.5. The number of rotatable bonds is 7. The number of ether oxygens (including phenoxy) is 1. The van der Waals surface area contributed by atoms with E-state index >= 15 is 0 Å². The molecule has 0 atom stereocenters. The lowest BCUT2D eigenvalue weighted by atomic mass is 10.0. The van der Waals surface area contributed by atoms with Crippen LogP contribution in [0.25, 0.3) is 0 Å². The molecule has 0 bridgehead atoms. The zero-order valence-electron chi connectivity index (χ0n) is 13.5. The molecule has 1 aromatic carbocycles. The normalized spacial score (nSPS) is 16.5. The first kappa shape index (κ1) is 16.8. The Morgan fingerprint density at radius 2 is 2.00 bits per heavy atom. The van der Waals surface area contributed by atoms with Gasteiger partial charge in [-0.15, -0.1) is 0 Å². The molecule has 1 heterocycles. The highest BCUT2D eigenvalue weighted by molar-refractivity contribution is 5.88. The third kappa shape index (κ3) is 6.44. The summed E-state index contributed by atoms with van der Waals surface area (Å²) in [4.78, 5) is 11.9. The molecule has 0 unspecified atom stereocenters. The van der Waals surface area contributed by atoms with Crippen LogP contribution >= 0.6 is 0 Å². The monoisotopic (exact) mass is 301 g/mol. The second kappa shape index (κ2) is 9.42. The zero-order valence-corrected chi connectivity index (χ0v) is 13.5. The molecule has 1 aromatic rings. The molecule has 120 valence electrons. The highest BCUT2D eigenvalue weighted by Gasteiger charge is 2.13. The minimum atomic E-state index is 0.0451. The first-order chi connectivity index (χ1) is 10.7. The van der Waals surface area contributed by atoms with E-state index in [4.69, 9.17) is 4.74 Å². The van der Waals surface area contributed by atoms with Gasteiger partial charge in [-0.2, -0.15) is 0 Å². The van der Waals surface area contributed by atoms with Gasteiger partial charge in [-0.05, 0) is 50.5 Å². The number of hydrogen-bond acceptors (Lipinski definition) is 2. The van der Waals surface area contributed by atoms with Crippen LogP contribution in [-0.2, 0) is 16.0 Å². The standard InChI is InChI=1S/C19H27NO2/c1-16(6-5-9-17-7-3-2-4-8-17)14-19(21)20-15-18-10-12-22-13-11-18/h2-4,7-8,14,18H,5-6,9-13,15H2,1H3,(H,20,21)/b16-14+. The number of carbonyl (C=O) groups is 1. The molecule has 2 rings (SSSR count). The molecule has 1 aliphatic heterocycles. The van der Waals surface area contributed by atoms with Gasteiger partial charge in [0.2, 0.25) is 5.91 Å². The summed E-state index contributed by atoms with van der Waals surface area (Å²) in [5, 5.41) is 3.02. The average Bonchev–Trinajstić information content (AvgIpc) is 2.55. The van der Waals surface area contributed by atoms with E-state index < -0.39 is 0 Å². The summed E-state index contributed by atoms with van der Waals surface area (Å²) in [5.41, 5.74) is 2.51. The number of amides is 1. The van der Waals surface area contributed by atoms with Crippen molar-refractivity contribution in [3.63, 3.8) is 0 Å². The van der Waals surface area contributed by atoms with Crippen molar-refractivity contribution >= 4 is 5.91 Å². The molecule has 1 saturated heterocycles. The molecule has 1 fully saturated rings. The number of benzene rings is 1. The van der Waals surface area contributed by atoms with Crippen molar-refractivity contribution in [2.24, 2.45) is 5.92 Å². The number of hydrogen-bond donors (Lipinski definition) is 1. The van der Waals surface area contributed by atoms with Crippen molar-refractivity contribution in [1.29, 1.82) is 0 Å². The Labute approximate surface area is 133 Å². The minimum absolute atomic E-state index is 0.0451. The number of carbonyl (C=O) groups excluding carboxylic acids is 1. The van der Waals surface area contributed by atoms with Crippen molar-refractivity contribution in [1.82, 2.24) is 5.32 Å². The third-order valence-electron chi connectivity index (χ3n) is 4.16. The highest BCUT2D eigenvalue weighted by Crippen LogP contribution is 2.13. The zero-order chi connectivity index (χ0) is 15.6. The van der Waals surface area contributed by atoms with Gasteiger partial charge in [-0.25, -0.2) is 0 Å². The fourth-order valence-corrected chi connectivity index (χ4v) is 2.76. The molecule has 0 saturated carbocycles. The van der Waals surface area contributed by atoms with Gasteiger partial charge in [0.1, 0.15) is 0 Å². The molecule has 0 aromatic heterocycles. The minimum Gasteiger partial charge on any atom is -0.381 e. The Balaban J connectivity index is 1.63. The predicted molar refractivity (Wildman–Crippen MR) is 89.7 cm³/mol. The van der Waals surface area contributed by atoms with Crippen LogP contribution in [0.1, 0.15) is 38.2 Å². The fraction of sp³-hybridized carbons (Fsp3) is 0.526. The van der Waals surface area contributed by atoms with Crippen molar-refractivity contribution < 1.29 is 9.53 Å². The fourth-order valence-electron chi connectivity index (χ4n) is 2.76. The molecule has 0 radical (unpaired) electrons. The molecule has 3 heteroatoms. The first-order valence-electron chi connectivity index (χ1n) is 8.30. The van der Waals surface area contributed by atoms with Gasteiger partial charge < -0.3 is 10.1 Å². The van der Waals surface area contributed by atoms with Crippen molar-refractivity contribution in [2.45, 2.75) is 39.0 Å². The van der Waals surface area contributed by atoms with E-state index in [1.165, 1.54) is 5.56 Å². The number of aryl methyl sites for hydroxylation is 1. The largest absolute Gasteiger partial charge is 0.381 e. The maximum absolute atomic E-state index is 11.9. The van der Waals surface area contributed by atoms with Gasteiger partial charge in [0.15, 0.2) is 0 Å². The molecule has 0 aliphatic carbocycles. The molecule has 1 aliphatic rings. The lowest BCUT2D eigenvalue weighted by Crippen LogP contribution is -2.31. The van der Waals surface area contributed by atoms with E-state index in [0.29, 0.717) is 5.92 Å². The molecule has 22 heavy (non-hydrogen) atoms. The van der Waals surface area contributed by atoms with Crippen LogP contribution in [0.15, 0.2) is 42.0 Å². The van der Waals surface area contributed by atoms with Crippen LogP contribution in [0.5, 0.6) is 0 Å². The van der Waals surface area contributed by atoms with Crippen molar-refractivity contribution in [3.05, 3.63) is 47.5 Å². The maximum atomic E-state index is 11.9. The average molecular weight is 301 g/mol. The second-order valence-corrected chi connectivity index (χ2v) is 6.13. The highest BCUT2D eigenvalue weighted by atomic mass is 16.5. The molecular weight excluding hydrogens is 274 g/mol. The molecule has 1 N–H and O–H groups in total. The van der Waals surface area contributed by atoms with Gasteiger partial charge in [-0.1, -0.05) is 35.9 Å². The Kier molecular flexibility index (Phi) is 7.17. The van der Waals surface area contributed by atoms with Gasteiger partial charge >= 0.3 is 0 Å². The molecule has 3 nitrogen and oxygen atoms in total. The van der Waals surface area contributed by atoms with E-state index in [2.05, 4.69) is 29.6 Å². The molecule has 0 spiro atoms. The Morgan fingerprint density at radius 1 is 1.27 bits per heavy atom. The van der Waals surface area contributed by atoms with E-state index in [1.807, 2.05) is 13.0 Å². The van der Waals surface area contributed by atoms with Crippen molar-refractivity contribution in [2.75, 3.05) is 19.8 Å². The maximum Gasteiger partial charge on any atom is 0.243 e. The van der Waals surface area contributed by atoms with Crippen molar-refractivity contribution in [3.8, 4) is 0 Å².